The van der Waals surface area contributed by atoms with E-state index in [1.807, 2.05) is 30.3 Å². The fourth-order valence-electron chi connectivity index (χ4n) is 4.68. The molecule has 0 saturated carbocycles. The zero-order valence-corrected chi connectivity index (χ0v) is 25.9. The van der Waals surface area contributed by atoms with E-state index in [0.29, 0.717) is 30.7 Å². The van der Waals surface area contributed by atoms with Crippen molar-refractivity contribution >= 4 is 25.8 Å². The van der Waals surface area contributed by atoms with Gasteiger partial charge in [0, 0.05) is 0 Å². The smallest absolute Gasteiger partial charge is 0.323 e. The second-order valence-electron chi connectivity index (χ2n) is 11.6. The molecule has 1 fully saturated rings. The number of ether oxygens (including phenoxy) is 2. The zero-order chi connectivity index (χ0) is 29.6. The van der Waals surface area contributed by atoms with E-state index in [-0.39, 0.29) is 23.6 Å². The van der Waals surface area contributed by atoms with Gasteiger partial charge in [0.2, 0.25) is 0 Å². The van der Waals surface area contributed by atoms with Gasteiger partial charge in [0.1, 0.15) is 29.7 Å². The molecule has 0 spiro atoms. The van der Waals surface area contributed by atoms with E-state index >= 15 is 0 Å². The molecule has 2 aromatic heterocycles. The molecule has 3 unspecified atom stereocenters. The number of rotatable bonds is 13. The van der Waals surface area contributed by atoms with Gasteiger partial charge < -0.3 is 24.3 Å². The van der Waals surface area contributed by atoms with Crippen LogP contribution >= 0.6 is 8.53 Å². The number of nitrogens with two attached hydrogens (primary N) is 1. The van der Waals surface area contributed by atoms with Gasteiger partial charge in [-0.3, -0.25) is 4.79 Å². The molecule has 0 bridgehead atoms. The van der Waals surface area contributed by atoms with Gasteiger partial charge in [-0.15, -0.1) is 0 Å². The fraction of sp³-hybridized carbons (Fsp3) is 0.567. The molecule has 1 aliphatic heterocycles. The summed E-state index contributed by atoms with van der Waals surface area (Å²) in [5, 5.41) is 7.58. The normalized spacial score (nSPS) is 19.0. The molecule has 3 N–H and O–H groups in total. The van der Waals surface area contributed by atoms with Crippen molar-refractivity contribution in [3.05, 3.63) is 54.0 Å². The Morgan fingerprint density at radius 1 is 1.22 bits per heavy atom. The van der Waals surface area contributed by atoms with Gasteiger partial charge in [-0.1, -0.05) is 59.6 Å². The van der Waals surface area contributed by atoms with Crippen LogP contribution in [0.4, 0.5) is 5.82 Å². The van der Waals surface area contributed by atoms with Crippen LogP contribution in [0.5, 0.6) is 5.75 Å². The number of carbonyl (C=O) groups excluding carboxylic acids is 1. The summed E-state index contributed by atoms with van der Waals surface area (Å²) in [4.78, 5) is 16.8. The van der Waals surface area contributed by atoms with Gasteiger partial charge >= 0.3 is 14.5 Å². The lowest BCUT2D eigenvalue weighted by Gasteiger charge is -2.25. The fourth-order valence-corrected chi connectivity index (χ4v) is 5.89. The maximum absolute atomic E-state index is 12.8. The molecule has 0 radical (unpaired) electrons. The van der Waals surface area contributed by atoms with E-state index in [4.69, 9.17) is 24.3 Å². The Bertz CT molecular complexity index is 1290. The third-order valence-corrected chi connectivity index (χ3v) is 8.84. The predicted octanol–water partition coefficient (Wildman–Crippen LogP) is 6.11. The van der Waals surface area contributed by atoms with E-state index in [9.17, 15) is 4.79 Å². The largest absolute Gasteiger partial charge is 0.464 e. The van der Waals surface area contributed by atoms with Crippen molar-refractivity contribution in [3.8, 4) is 5.75 Å². The molecule has 0 amide bonds. The number of nitrogens with zero attached hydrogens (tertiary/aromatic N) is 3. The SMILES string of the molecule is CCC(CC)COC(=O)[C@H](C)NP(OCC1CCC(c2ccc3c(N)ncnn23)O1)Oc1cccc(C(C)(C)C)c1. The Balaban J connectivity index is 1.41. The quantitative estimate of drug-likeness (QED) is 0.181. The number of carbonyl (C=O) groups is 1. The molecule has 4 rings (SSSR count). The third kappa shape index (κ3) is 8.16. The van der Waals surface area contributed by atoms with Gasteiger partial charge in [-0.05, 0) is 60.9 Å². The number of anilines is 1. The topological polar surface area (TPSA) is 122 Å². The molecule has 11 heteroatoms. The van der Waals surface area contributed by atoms with E-state index < -0.39 is 14.6 Å². The Kier molecular flexibility index (Phi) is 10.6. The molecule has 1 aromatic carbocycles. The van der Waals surface area contributed by atoms with Crippen molar-refractivity contribution in [1.82, 2.24) is 19.7 Å². The first-order chi connectivity index (χ1) is 19.6. The highest BCUT2D eigenvalue weighted by Crippen LogP contribution is 2.40. The zero-order valence-electron chi connectivity index (χ0n) is 25.0. The summed E-state index contributed by atoms with van der Waals surface area (Å²) in [7, 11) is -1.67. The molecular weight excluding hydrogens is 541 g/mol. The Hall–Kier alpha value is -2.78. The second-order valence-corrected chi connectivity index (χ2v) is 12.8. The number of fused-ring (bicyclic) bond motifs is 1. The maximum Gasteiger partial charge on any atom is 0.323 e. The van der Waals surface area contributed by atoms with Gasteiger partial charge in [-0.2, -0.15) is 5.10 Å². The molecule has 0 aliphatic carbocycles. The maximum atomic E-state index is 12.8. The van der Waals surface area contributed by atoms with Crippen molar-refractivity contribution in [2.24, 2.45) is 5.92 Å². The molecule has 1 aliphatic rings. The molecular formula is C30H44N5O5P. The minimum absolute atomic E-state index is 0.0339. The van der Waals surface area contributed by atoms with Crippen LogP contribution in [0.1, 0.15) is 84.6 Å². The number of benzene rings is 1. The number of aromatic nitrogens is 3. The van der Waals surface area contributed by atoms with Crippen LogP contribution in [0.2, 0.25) is 0 Å². The van der Waals surface area contributed by atoms with Gasteiger partial charge in [0.25, 0.3) is 0 Å². The van der Waals surface area contributed by atoms with Crippen molar-refractivity contribution < 1.29 is 23.3 Å². The number of hydrogen-bond donors (Lipinski definition) is 2. The van der Waals surface area contributed by atoms with Crippen LogP contribution in [-0.4, -0.2) is 45.9 Å². The number of esters is 1. The van der Waals surface area contributed by atoms with Crippen LogP contribution in [0.15, 0.2) is 42.7 Å². The first kappa shape index (κ1) is 31.2. The second kappa shape index (κ2) is 13.9. The van der Waals surface area contributed by atoms with Crippen molar-refractivity contribution in [2.75, 3.05) is 18.9 Å². The summed E-state index contributed by atoms with van der Waals surface area (Å²) < 4.78 is 26.3. The Morgan fingerprint density at radius 2 is 2.00 bits per heavy atom. The monoisotopic (exact) mass is 585 g/mol. The van der Waals surface area contributed by atoms with E-state index in [1.165, 1.54) is 6.33 Å². The first-order valence-corrected chi connectivity index (χ1v) is 15.6. The molecule has 3 aromatic rings. The highest BCUT2D eigenvalue weighted by molar-refractivity contribution is 7.45. The Labute approximate surface area is 244 Å². The molecule has 10 nitrogen and oxygen atoms in total. The van der Waals surface area contributed by atoms with Crippen LogP contribution in [0.25, 0.3) is 5.52 Å². The minimum atomic E-state index is -1.67. The highest BCUT2D eigenvalue weighted by atomic mass is 31.2. The first-order valence-electron chi connectivity index (χ1n) is 14.5. The number of nitrogens with one attached hydrogen (secondary N) is 1. The van der Waals surface area contributed by atoms with E-state index in [2.05, 4.69) is 55.9 Å². The number of hydrogen-bond acceptors (Lipinski definition) is 9. The molecule has 224 valence electrons. The van der Waals surface area contributed by atoms with Crippen molar-refractivity contribution in [3.63, 3.8) is 0 Å². The van der Waals surface area contributed by atoms with Gasteiger partial charge in [0.05, 0.1) is 25.0 Å². The predicted molar refractivity (Wildman–Crippen MR) is 161 cm³/mol. The average molecular weight is 586 g/mol. The summed E-state index contributed by atoms with van der Waals surface area (Å²) in [5.74, 6) is 1.14. The summed E-state index contributed by atoms with van der Waals surface area (Å²) in [5.41, 5.74) is 8.80. The van der Waals surface area contributed by atoms with E-state index in [1.54, 1.807) is 11.4 Å². The summed E-state index contributed by atoms with van der Waals surface area (Å²) in [6.45, 7) is 13.2. The Morgan fingerprint density at radius 3 is 2.73 bits per heavy atom. The van der Waals surface area contributed by atoms with Crippen LogP contribution < -0.4 is 15.3 Å². The lowest BCUT2D eigenvalue weighted by Crippen LogP contribution is -2.34. The summed E-state index contributed by atoms with van der Waals surface area (Å²) in [6, 6.07) is 11.3. The van der Waals surface area contributed by atoms with Crippen molar-refractivity contribution in [2.45, 2.75) is 90.9 Å². The van der Waals surface area contributed by atoms with Gasteiger partial charge in [-0.25, -0.2) is 14.6 Å². The van der Waals surface area contributed by atoms with Gasteiger partial charge in [0.15, 0.2) is 5.82 Å². The minimum Gasteiger partial charge on any atom is -0.464 e. The average Bonchev–Trinajstić information content (AvgIpc) is 3.59. The third-order valence-electron chi connectivity index (χ3n) is 7.48. The van der Waals surface area contributed by atoms with Crippen LogP contribution in [-0.2, 0) is 24.2 Å². The standard InChI is InChI=1S/C30H44N5O5P/c1-7-21(8-2)17-37-29(36)20(3)34-41(40-23-11-9-10-22(16-23)30(4,5)6)38-18-24-12-15-27(39-24)25-13-14-26-28(31)32-19-33-35(25)26/h9-11,13-14,16,19-21,24,27,34H,7-8,12,15,17-18H2,1-6H3,(H2,31,32,33)/t20-,24?,27?,41?/m0/s1. The molecule has 1 saturated heterocycles. The van der Waals surface area contributed by atoms with Crippen LogP contribution in [0.3, 0.4) is 0 Å². The number of nitrogen functional groups attached to an aromatic ring is 1. The molecule has 4 atom stereocenters. The molecule has 3 heterocycles. The summed E-state index contributed by atoms with van der Waals surface area (Å²) in [6.07, 6.45) is 4.74. The lowest BCUT2D eigenvalue weighted by molar-refractivity contribution is -0.146. The highest BCUT2D eigenvalue weighted by Gasteiger charge is 2.31. The summed E-state index contributed by atoms with van der Waals surface area (Å²) >= 11 is 0. The molecule has 41 heavy (non-hydrogen) atoms. The lowest BCUT2D eigenvalue weighted by atomic mass is 9.87. The van der Waals surface area contributed by atoms with Crippen molar-refractivity contribution in [1.29, 1.82) is 0 Å². The van der Waals surface area contributed by atoms with E-state index in [0.717, 1.165) is 42.5 Å². The van der Waals surface area contributed by atoms with Crippen LogP contribution in [0, 0.1) is 5.92 Å².